The molecule has 0 aliphatic rings. The minimum absolute atomic E-state index is 0.148. The number of ether oxygens (including phenoxy) is 2. The molecule has 0 unspecified atom stereocenters. The summed E-state index contributed by atoms with van der Waals surface area (Å²) in [5, 5.41) is 0. The lowest BCUT2D eigenvalue weighted by atomic mass is 10.1. The molecule has 0 heterocycles. The molecule has 0 spiro atoms. The average molecular weight is 294 g/mol. The Hall–Kier alpha value is -2.05. The summed E-state index contributed by atoms with van der Waals surface area (Å²) in [6.07, 6.45) is 0. The van der Waals surface area contributed by atoms with Gasteiger partial charge in [0.15, 0.2) is 11.5 Å². The molecular formula is C14H14O5S. The van der Waals surface area contributed by atoms with E-state index in [1.165, 1.54) is 26.4 Å². The first-order valence-electron chi connectivity index (χ1n) is 5.75. The van der Waals surface area contributed by atoms with Gasteiger partial charge in [-0.2, -0.15) is 8.42 Å². The van der Waals surface area contributed by atoms with Crippen LogP contribution in [0.5, 0.6) is 11.5 Å². The molecule has 0 saturated heterocycles. The molecule has 0 saturated carbocycles. The molecule has 0 amide bonds. The Kier molecular flexibility index (Phi) is 3.96. The van der Waals surface area contributed by atoms with Crippen molar-refractivity contribution in [1.29, 1.82) is 0 Å². The highest BCUT2D eigenvalue weighted by Crippen LogP contribution is 2.32. The van der Waals surface area contributed by atoms with Crippen molar-refractivity contribution in [1.82, 2.24) is 0 Å². The first kappa shape index (κ1) is 14.4. The van der Waals surface area contributed by atoms with E-state index in [-0.39, 0.29) is 4.90 Å². The lowest BCUT2D eigenvalue weighted by Gasteiger charge is -2.10. The van der Waals surface area contributed by atoms with Gasteiger partial charge in [0.25, 0.3) is 10.1 Å². The van der Waals surface area contributed by atoms with Crippen LogP contribution in [-0.4, -0.2) is 27.2 Å². The van der Waals surface area contributed by atoms with E-state index in [9.17, 15) is 8.42 Å². The van der Waals surface area contributed by atoms with Gasteiger partial charge in [-0.15, -0.1) is 0 Å². The molecule has 106 valence electrons. The Morgan fingerprint density at radius 2 is 1.55 bits per heavy atom. The van der Waals surface area contributed by atoms with E-state index in [2.05, 4.69) is 0 Å². The number of methoxy groups -OCH3 is 2. The maximum absolute atomic E-state index is 11.2. The molecule has 0 fully saturated rings. The number of hydrogen-bond acceptors (Lipinski definition) is 4. The van der Waals surface area contributed by atoms with E-state index >= 15 is 0 Å². The number of hydrogen-bond donors (Lipinski definition) is 1. The predicted octanol–water partition coefficient (Wildman–Crippen LogP) is 2.62. The van der Waals surface area contributed by atoms with Crippen molar-refractivity contribution >= 4 is 10.1 Å². The summed E-state index contributed by atoms with van der Waals surface area (Å²) in [7, 11) is -1.16. The zero-order chi connectivity index (χ0) is 14.8. The van der Waals surface area contributed by atoms with Crippen LogP contribution < -0.4 is 9.47 Å². The molecule has 20 heavy (non-hydrogen) atoms. The Bertz CT molecular complexity index is 722. The van der Waals surface area contributed by atoms with E-state index < -0.39 is 10.1 Å². The molecule has 0 radical (unpaired) electrons. The largest absolute Gasteiger partial charge is 0.493 e. The van der Waals surface area contributed by atoms with Crippen molar-refractivity contribution < 1.29 is 22.4 Å². The third-order valence-electron chi connectivity index (χ3n) is 2.85. The number of benzene rings is 2. The Labute approximate surface area is 117 Å². The van der Waals surface area contributed by atoms with Crippen LogP contribution in [0.2, 0.25) is 0 Å². The quantitative estimate of drug-likeness (QED) is 0.877. The third kappa shape index (κ3) is 2.92. The highest BCUT2D eigenvalue weighted by atomic mass is 32.2. The van der Waals surface area contributed by atoms with E-state index in [1.807, 2.05) is 0 Å². The summed E-state index contributed by atoms with van der Waals surface area (Å²) in [5.41, 5.74) is 1.41. The summed E-state index contributed by atoms with van der Waals surface area (Å²) < 4.78 is 41.7. The van der Waals surface area contributed by atoms with E-state index in [0.29, 0.717) is 17.1 Å². The van der Waals surface area contributed by atoms with Gasteiger partial charge in [-0.1, -0.05) is 18.2 Å². The van der Waals surface area contributed by atoms with E-state index in [1.54, 1.807) is 30.3 Å². The van der Waals surface area contributed by atoms with Crippen LogP contribution in [0.1, 0.15) is 0 Å². The van der Waals surface area contributed by atoms with Crippen LogP contribution in [0.4, 0.5) is 0 Å². The van der Waals surface area contributed by atoms with Gasteiger partial charge in [-0.3, -0.25) is 4.55 Å². The first-order valence-corrected chi connectivity index (χ1v) is 7.19. The maximum Gasteiger partial charge on any atom is 0.294 e. The molecule has 0 atom stereocenters. The molecule has 0 aromatic heterocycles. The zero-order valence-corrected chi connectivity index (χ0v) is 11.8. The molecule has 0 aliphatic carbocycles. The molecule has 6 heteroatoms. The van der Waals surface area contributed by atoms with Gasteiger partial charge in [0.1, 0.15) is 0 Å². The second kappa shape index (κ2) is 5.52. The topological polar surface area (TPSA) is 72.8 Å². The molecule has 2 aromatic rings. The lowest BCUT2D eigenvalue weighted by molar-refractivity contribution is 0.355. The van der Waals surface area contributed by atoms with Crippen molar-refractivity contribution in [2.24, 2.45) is 0 Å². The Morgan fingerprint density at radius 1 is 0.900 bits per heavy atom. The summed E-state index contributed by atoms with van der Waals surface area (Å²) in [4.78, 5) is -0.148. The first-order chi connectivity index (χ1) is 9.45. The lowest BCUT2D eigenvalue weighted by Crippen LogP contribution is -1.98. The van der Waals surface area contributed by atoms with Gasteiger partial charge in [0.05, 0.1) is 19.1 Å². The molecule has 1 N–H and O–H groups in total. The van der Waals surface area contributed by atoms with Crippen LogP contribution in [-0.2, 0) is 10.1 Å². The molecule has 0 aliphatic heterocycles. The highest BCUT2D eigenvalue weighted by Gasteiger charge is 2.11. The van der Waals surface area contributed by atoms with Gasteiger partial charge < -0.3 is 9.47 Å². The fourth-order valence-corrected chi connectivity index (χ4v) is 2.38. The Balaban J connectivity index is 2.52. The van der Waals surface area contributed by atoms with Crippen LogP contribution in [0.15, 0.2) is 47.4 Å². The molecule has 0 bridgehead atoms. The maximum atomic E-state index is 11.2. The van der Waals surface area contributed by atoms with Crippen LogP contribution in [0.25, 0.3) is 11.1 Å². The number of rotatable bonds is 4. The standard InChI is InChI=1S/C14H14O5S/c1-18-13-7-6-11(9-14(13)19-2)10-4-3-5-12(8-10)20(15,16)17/h3-9H,1-2H3,(H,15,16,17). The van der Waals surface area contributed by atoms with Crippen molar-refractivity contribution in [3.05, 3.63) is 42.5 Å². The normalized spacial score (nSPS) is 11.2. The minimum Gasteiger partial charge on any atom is -0.493 e. The summed E-state index contributed by atoms with van der Waals surface area (Å²) in [6, 6.07) is 11.3. The Morgan fingerprint density at radius 3 is 2.15 bits per heavy atom. The zero-order valence-electron chi connectivity index (χ0n) is 11.0. The van der Waals surface area contributed by atoms with Gasteiger partial charge in [-0.05, 0) is 35.4 Å². The fraction of sp³-hybridized carbons (Fsp3) is 0.143. The van der Waals surface area contributed by atoms with Crippen molar-refractivity contribution in [2.75, 3.05) is 14.2 Å². The SMILES string of the molecule is COc1ccc(-c2cccc(S(=O)(=O)O)c2)cc1OC. The predicted molar refractivity (Wildman–Crippen MR) is 74.8 cm³/mol. The van der Waals surface area contributed by atoms with E-state index in [4.69, 9.17) is 14.0 Å². The van der Waals surface area contributed by atoms with Crippen molar-refractivity contribution in [2.45, 2.75) is 4.90 Å². The van der Waals surface area contributed by atoms with Crippen LogP contribution in [0, 0.1) is 0 Å². The third-order valence-corrected chi connectivity index (χ3v) is 3.70. The average Bonchev–Trinajstić information content (AvgIpc) is 2.45. The van der Waals surface area contributed by atoms with Crippen LogP contribution >= 0.6 is 0 Å². The van der Waals surface area contributed by atoms with Gasteiger partial charge in [0, 0.05) is 0 Å². The molecular weight excluding hydrogens is 280 g/mol. The second-order valence-corrected chi connectivity index (χ2v) is 5.49. The van der Waals surface area contributed by atoms with Gasteiger partial charge in [0.2, 0.25) is 0 Å². The summed E-state index contributed by atoms with van der Waals surface area (Å²) >= 11 is 0. The minimum atomic E-state index is -4.22. The fourth-order valence-electron chi connectivity index (χ4n) is 1.85. The second-order valence-electron chi connectivity index (χ2n) is 4.07. The van der Waals surface area contributed by atoms with Crippen molar-refractivity contribution in [3.63, 3.8) is 0 Å². The summed E-state index contributed by atoms with van der Waals surface area (Å²) in [6.45, 7) is 0. The van der Waals surface area contributed by atoms with E-state index in [0.717, 1.165) is 5.56 Å². The molecule has 2 rings (SSSR count). The van der Waals surface area contributed by atoms with Crippen molar-refractivity contribution in [3.8, 4) is 22.6 Å². The smallest absolute Gasteiger partial charge is 0.294 e. The van der Waals surface area contributed by atoms with Crippen LogP contribution in [0.3, 0.4) is 0 Å². The monoisotopic (exact) mass is 294 g/mol. The van der Waals surface area contributed by atoms with Gasteiger partial charge in [-0.25, -0.2) is 0 Å². The van der Waals surface area contributed by atoms with Gasteiger partial charge >= 0.3 is 0 Å². The molecule has 2 aromatic carbocycles. The highest BCUT2D eigenvalue weighted by molar-refractivity contribution is 7.85. The molecule has 5 nitrogen and oxygen atoms in total. The summed E-state index contributed by atoms with van der Waals surface area (Å²) in [5.74, 6) is 1.13.